The average molecular weight is 175 g/mol. The zero-order valence-corrected chi connectivity index (χ0v) is 9.16. The van der Waals surface area contributed by atoms with Gasteiger partial charge in [-0.25, -0.2) is 0 Å². The predicted octanol–water partition coefficient (Wildman–Crippen LogP) is 3.22. The van der Waals surface area contributed by atoms with Crippen molar-refractivity contribution >= 4 is 11.8 Å². The Morgan fingerprint density at radius 1 is 1.45 bits per heavy atom. The summed E-state index contributed by atoms with van der Waals surface area (Å²) in [5.74, 6) is 1.59. The molecule has 2 heteroatoms. The Morgan fingerprint density at radius 3 is 2.18 bits per heavy atom. The standard InChI is InChI=1S/C7H15NS.C2H6/c1-4-9-5-7(8)6(2)3;1-2/h5-6H,4,8H2,1-3H3;1-2H3/b7-5-;. The molecule has 0 aromatic carbocycles. The van der Waals surface area contributed by atoms with Crippen LogP contribution in [0.2, 0.25) is 0 Å². The largest absolute Gasteiger partial charge is 0.401 e. The number of hydrogen-bond donors (Lipinski definition) is 1. The Kier molecular flexibility index (Phi) is 12.1. The molecule has 0 rings (SSSR count). The van der Waals surface area contributed by atoms with Crippen molar-refractivity contribution in [1.29, 1.82) is 0 Å². The molecule has 0 bridgehead atoms. The highest BCUT2D eigenvalue weighted by atomic mass is 32.2. The molecular formula is C9H21NS. The van der Waals surface area contributed by atoms with E-state index in [0.29, 0.717) is 5.92 Å². The molecule has 2 N–H and O–H groups in total. The molecule has 0 aliphatic rings. The molecular weight excluding hydrogens is 154 g/mol. The molecule has 0 saturated heterocycles. The van der Waals surface area contributed by atoms with Crippen molar-refractivity contribution in [2.75, 3.05) is 5.75 Å². The summed E-state index contributed by atoms with van der Waals surface area (Å²) in [6, 6.07) is 0. The van der Waals surface area contributed by atoms with E-state index in [2.05, 4.69) is 20.8 Å². The Hall–Kier alpha value is -0.110. The van der Waals surface area contributed by atoms with Crippen molar-refractivity contribution in [2.24, 2.45) is 11.7 Å². The molecule has 0 unspecified atom stereocenters. The van der Waals surface area contributed by atoms with Crippen LogP contribution in [-0.4, -0.2) is 5.75 Å². The van der Waals surface area contributed by atoms with E-state index in [4.69, 9.17) is 5.73 Å². The van der Waals surface area contributed by atoms with Crippen LogP contribution >= 0.6 is 11.8 Å². The van der Waals surface area contributed by atoms with Crippen LogP contribution in [0.5, 0.6) is 0 Å². The van der Waals surface area contributed by atoms with Gasteiger partial charge in [-0.05, 0) is 17.1 Å². The number of rotatable bonds is 3. The molecule has 0 fully saturated rings. The summed E-state index contributed by atoms with van der Waals surface area (Å²) < 4.78 is 0. The van der Waals surface area contributed by atoms with Gasteiger partial charge in [0.05, 0.1) is 0 Å². The van der Waals surface area contributed by atoms with Crippen molar-refractivity contribution in [3.63, 3.8) is 0 Å². The van der Waals surface area contributed by atoms with Gasteiger partial charge in [0.15, 0.2) is 0 Å². The lowest BCUT2D eigenvalue weighted by atomic mass is 10.2. The zero-order chi connectivity index (χ0) is 9.28. The SMILES string of the molecule is CC.CCS/C=C(\N)C(C)C. The van der Waals surface area contributed by atoms with Gasteiger partial charge < -0.3 is 5.73 Å². The predicted molar refractivity (Wildman–Crippen MR) is 56.6 cm³/mol. The first kappa shape index (κ1) is 13.5. The normalized spacial score (nSPS) is 10.9. The number of allylic oxidation sites excluding steroid dienone is 1. The van der Waals surface area contributed by atoms with Crippen LogP contribution in [0.25, 0.3) is 0 Å². The van der Waals surface area contributed by atoms with Gasteiger partial charge in [-0.3, -0.25) is 0 Å². The van der Waals surface area contributed by atoms with Gasteiger partial charge in [-0.1, -0.05) is 34.6 Å². The average Bonchev–Trinajstić information content (AvgIpc) is 2.03. The molecule has 68 valence electrons. The molecule has 0 amide bonds. The van der Waals surface area contributed by atoms with Crippen molar-refractivity contribution in [2.45, 2.75) is 34.6 Å². The Bertz CT molecular complexity index is 97.7. The molecule has 0 heterocycles. The fourth-order valence-electron chi connectivity index (χ4n) is 0.316. The lowest BCUT2D eigenvalue weighted by Crippen LogP contribution is -2.03. The van der Waals surface area contributed by atoms with Crippen LogP contribution in [0.15, 0.2) is 11.1 Å². The smallest absolute Gasteiger partial charge is 0.0170 e. The van der Waals surface area contributed by atoms with Crippen molar-refractivity contribution in [1.82, 2.24) is 0 Å². The highest BCUT2D eigenvalue weighted by Gasteiger charge is 1.94. The first-order valence-corrected chi connectivity index (χ1v) is 5.30. The highest BCUT2D eigenvalue weighted by Crippen LogP contribution is 2.09. The summed E-state index contributed by atoms with van der Waals surface area (Å²) >= 11 is 1.76. The van der Waals surface area contributed by atoms with E-state index in [1.165, 1.54) is 0 Å². The quantitative estimate of drug-likeness (QED) is 0.712. The van der Waals surface area contributed by atoms with Gasteiger partial charge in [0, 0.05) is 5.70 Å². The molecule has 0 aromatic heterocycles. The Labute approximate surface area is 75.4 Å². The highest BCUT2D eigenvalue weighted by molar-refractivity contribution is 8.02. The number of thioether (sulfide) groups is 1. The van der Waals surface area contributed by atoms with Gasteiger partial charge >= 0.3 is 0 Å². The van der Waals surface area contributed by atoms with Crippen molar-refractivity contribution < 1.29 is 0 Å². The second kappa shape index (κ2) is 9.89. The van der Waals surface area contributed by atoms with Crippen LogP contribution in [0, 0.1) is 5.92 Å². The third-order valence-corrected chi connectivity index (χ3v) is 1.82. The van der Waals surface area contributed by atoms with Gasteiger partial charge in [0.25, 0.3) is 0 Å². The van der Waals surface area contributed by atoms with Crippen LogP contribution in [0.1, 0.15) is 34.6 Å². The van der Waals surface area contributed by atoms with Gasteiger partial charge in [0.1, 0.15) is 0 Å². The second-order valence-electron chi connectivity index (χ2n) is 2.23. The molecule has 0 radical (unpaired) electrons. The molecule has 0 saturated carbocycles. The van der Waals surface area contributed by atoms with Gasteiger partial charge in [-0.15, -0.1) is 11.8 Å². The second-order valence-corrected chi connectivity index (χ2v) is 3.37. The molecule has 0 aromatic rings. The van der Waals surface area contributed by atoms with Crippen LogP contribution in [0.3, 0.4) is 0 Å². The van der Waals surface area contributed by atoms with E-state index in [0.717, 1.165) is 11.4 Å². The van der Waals surface area contributed by atoms with Crippen LogP contribution < -0.4 is 5.73 Å². The maximum atomic E-state index is 5.64. The van der Waals surface area contributed by atoms with Crippen LogP contribution in [-0.2, 0) is 0 Å². The molecule has 0 aliphatic heterocycles. The maximum Gasteiger partial charge on any atom is 0.0170 e. The minimum atomic E-state index is 0.490. The lowest BCUT2D eigenvalue weighted by Gasteiger charge is -2.02. The summed E-state index contributed by atoms with van der Waals surface area (Å²) in [7, 11) is 0. The molecule has 1 nitrogen and oxygen atoms in total. The lowest BCUT2D eigenvalue weighted by molar-refractivity contribution is 0.760. The third kappa shape index (κ3) is 9.89. The fourth-order valence-corrected chi connectivity index (χ4v) is 0.947. The fraction of sp³-hybridized carbons (Fsp3) is 0.778. The number of hydrogen-bond acceptors (Lipinski definition) is 2. The Morgan fingerprint density at radius 2 is 1.91 bits per heavy atom. The summed E-state index contributed by atoms with van der Waals surface area (Å²) in [5.41, 5.74) is 6.63. The van der Waals surface area contributed by atoms with Crippen molar-refractivity contribution in [3.8, 4) is 0 Å². The number of nitrogens with two attached hydrogens (primary N) is 1. The molecule has 11 heavy (non-hydrogen) atoms. The maximum absolute atomic E-state index is 5.64. The van der Waals surface area contributed by atoms with E-state index in [1.807, 2.05) is 19.3 Å². The van der Waals surface area contributed by atoms with E-state index >= 15 is 0 Å². The van der Waals surface area contributed by atoms with E-state index < -0.39 is 0 Å². The van der Waals surface area contributed by atoms with E-state index in [-0.39, 0.29) is 0 Å². The van der Waals surface area contributed by atoms with Crippen LogP contribution in [0.4, 0.5) is 0 Å². The Balaban J connectivity index is 0. The zero-order valence-electron chi connectivity index (χ0n) is 8.35. The summed E-state index contributed by atoms with van der Waals surface area (Å²) in [6.07, 6.45) is 0. The minimum Gasteiger partial charge on any atom is -0.401 e. The molecule has 0 atom stereocenters. The van der Waals surface area contributed by atoms with Gasteiger partial charge in [-0.2, -0.15) is 0 Å². The summed E-state index contributed by atoms with van der Waals surface area (Å²) in [6.45, 7) is 10.3. The van der Waals surface area contributed by atoms with Gasteiger partial charge in [0.2, 0.25) is 0 Å². The van der Waals surface area contributed by atoms with Crippen molar-refractivity contribution in [3.05, 3.63) is 11.1 Å². The molecule has 0 aliphatic carbocycles. The first-order valence-electron chi connectivity index (χ1n) is 4.25. The van der Waals surface area contributed by atoms with E-state index in [1.54, 1.807) is 11.8 Å². The monoisotopic (exact) mass is 175 g/mol. The first-order chi connectivity index (χ1) is 5.18. The summed E-state index contributed by atoms with van der Waals surface area (Å²) in [4.78, 5) is 0. The topological polar surface area (TPSA) is 26.0 Å². The molecule has 0 spiro atoms. The third-order valence-electron chi connectivity index (χ3n) is 1.05. The minimum absolute atomic E-state index is 0.490. The van der Waals surface area contributed by atoms with E-state index in [9.17, 15) is 0 Å². The summed E-state index contributed by atoms with van der Waals surface area (Å²) in [5, 5.41) is 2.03.